The van der Waals surface area contributed by atoms with Gasteiger partial charge in [-0.1, -0.05) is 7.43 Å². The second-order valence-electron chi connectivity index (χ2n) is 3.88. The van der Waals surface area contributed by atoms with Crippen molar-refractivity contribution < 1.29 is 0 Å². The standard InChI is InChI=1S/C9H18N2.CH4/c1-8-3-2-6-11(8)9-4-5-10-7-9;/h8-10H,2-7H2,1H3;1H4/t8-,9+;/m1./s1. The summed E-state index contributed by atoms with van der Waals surface area (Å²) in [4.78, 5) is 2.68. The monoisotopic (exact) mass is 170 g/mol. The van der Waals surface area contributed by atoms with E-state index in [1.807, 2.05) is 0 Å². The SMILES string of the molecule is C.C[C@@H]1CCCN1[C@H]1CCNC1. The predicted octanol–water partition coefficient (Wildman–Crippen LogP) is 1.47. The van der Waals surface area contributed by atoms with Crippen LogP contribution in [0.1, 0.15) is 33.6 Å². The summed E-state index contributed by atoms with van der Waals surface area (Å²) in [6, 6.07) is 1.70. The van der Waals surface area contributed by atoms with Crippen LogP contribution in [0.4, 0.5) is 0 Å². The molecule has 0 spiro atoms. The molecule has 12 heavy (non-hydrogen) atoms. The molecular weight excluding hydrogens is 148 g/mol. The predicted molar refractivity (Wildman–Crippen MR) is 53.4 cm³/mol. The number of nitrogens with zero attached hydrogens (tertiary/aromatic N) is 1. The summed E-state index contributed by atoms with van der Waals surface area (Å²) in [6.45, 7) is 6.16. The first-order valence-electron chi connectivity index (χ1n) is 4.84. The molecule has 2 aliphatic rings. The lowest BCUT2D eigenvalue weighted by atomic mass is 10.2. The first kappa shape index (κ1) is 10.0. The maximum Gasteiger partial charge on any atom is 0.0235 e. The Balaban J connectivity index is 0.000000720. The highest BCUT2D eigenvalue weighted by Crippen LogP contribution is 2.21. The minimum Gasteiger partial charge on any atom is -0.315 e. The van der Waals surface area contributed by atoms with Crippen LogP contribution in [0.2, 0.25) is 0 Å². The van der Waals surface area contributed by atoms with Crippen LogP contribution in [-0.4, -0.2) is 36.6 Å². The third-order valence-electron chi connectivity index (χ3n) is 3.11. The van der Waals surface area contributed by atoms with E-state index in [9.17, 15) is 0 Å². The van der Waals surface area contributed by atoms with Crippen molar-refractivity contribution in [2.45, 2.75) is 45.7 Å². The largest absolute Gasteiger partial charge is 0.315 e. The fraction of sp³-hybridized carbons (Fsp3) is 1.00. The van der Waals surface area contributed by atoms with Crippen LogP contribution < -0.4 is 5.32 Å². The number of hydrogen-bond acceptors (Lipinski definition) is 2. The van der Waals surface area contributed by atoms with Gasteiger partial charge in [0.1, 0.15) is 0 Å². The molecule has 0 radical (unpaired) electrons. The van der Waals surface area contributed by atoms with Crippen LogP contribution in [0.25, 0.3) is 0 Å². The molecule has 0 saturated carbocycles. The van der Waals surface area contributed by atoms with Crippen LogP contribution in [0.15, 0.2) is 0 Å². The van der Waals surface area contributed by atoms with Crippen LogP contribution in [0.5, 0.6) is 0 Å². The Bertz CT molecular complexity index is 130. The molecule has 0 aromatic rings. The molecule has 0 unspecified atom stereocenters. The average Bonchev–Trinajstić information content (AvgIpc) is 2.55. The van der Waals surface area contributed by atoms with Gasteiger partial charge in [0.2, 0.25) is 0 Å². The van der Waals surface area contributed by atoms with E-state index >= 15 is 0 Å². The minimum atomic E-state index is 0. The van der Waals surface area contributed by atoms with Crippen molar-refractivity contribution in [3.63, 3.8) is 0 Å². The lowest BCUT2D eigenvalue weighted by molar-refractivity contribution is 0.202. The van der Waals surface area contributed by atoms with Crippen molar-refractivity contribution in [3.8, 4) is 0 Å². The Labute approximate surface area is 76.3 Å². The van der Waals surface area contributed by atoms with Gasteiger partial charge in [0.05, 0.1) is 0 Å². The average molecular weight is 170 g/mol. The molecular formula is C10H22N2. The molecule has 2 heterocycles. The maximum atomic E-state index is 3.43. The summed E-state index contributed by atoms with van der Waals surface area (Å²) < 4.78 is 0. The smallest absolute Gasteiger partial charge is 0.0235 e. The van der Waals surface area contributed by atoms with Gasteiger partial charge >= 0.3 is 0 Å². The van der Waals surface area contributed by atoms with Gasteiger partial charge in [-0.05, 0) is 39.3 Å². The van der Waals surface area contributed by atoms with E-state index in [4.69, 9.17) is 0 Å². The van der Waals surface area contributed by atoms with Crippen LogP contribution >= 0.6 is 0 Å². The second-order valence-corrected chi connectivity index (χ2v) is 3.88. The fourth-order valence-electron chi connectivity index (χ4n) is 2.42. The zero-order chi connectivity index (χ0) is 7.68. The summed E-state index contributed by atoms with van der Waals surface area (Å²) in [7, 11) is 0. The normalized spacial score (nSPS) is 36.8. The Hall–Kier alpha value is -0.0800. The summed E-state index contributed by atoms with van der Waals surface area (Å²) in [5, 5.41) is 3.43. The van der Waals surface area contributed by atoms with E-state index < -0.39 is 0 Å². The van der Waals surface area contributed by atoms with Gasteiger partial charge in [0, 0.05) is 18.6 Å². The summed E-state index contributed by atoms with van der Waals surface area (Å²) in [5.74, 6) is 0. The van der Waals surface area contributed by atoms with E-state index in [-0.39, 0.29) is 7.43 Å². The molecule has 2 atom stereocenters. The summed E-state index contributed by atoms with van der Waals surface area (Å²) in [5.41, 5.74) is 0. The van der Waals surface area contributed by atoms with Crippen LogP contribution in [0, 0.1) is 0 Å². The third kappa shape index (κ3) is 1.80. The van der Waals surface area contributed by atoms with Crippen molar-refractivity contribution in [2.75, 3.05) is 19.6 Å². The van der Waals surface area contributed by atoms with E-state index in [1.54, 1.807) is 0 Å². The fourth-order valence-corrected chi connectivity index (χ4v) is 2.42. The first-order valence-corrected chi connectivity index (χ1v) is 4.84. The zero-order valence-electron chi connectivity index (χ0n) is 7.34. The van der Waals surface area contributed by atoms with Gasteiger partial charge < -0.3 is 5.32 Å². The van der Waals surface area contributed by atoms with E-state index in [0.717, 1.165) is 12.1 Å². The Morgan fingerprint density at radius 1 is 1.33 bits per heavy atom. The molecule has 0 amide bonds. The van der Waals surface area contributed by atoms with Crippen molar-refractivity contribution >= 4 is 0 Å². The van der Waals surface area contributed by atoms with Crippen molar-refractivity contribution in [3.05, 3.63) is 0 Å². The lowest BCUT2D eigenvalue weighted by Crippen LogP contribution is -2.38. The van der Waals surface area contributed by atoms with Gasteiger partial charge in [-0.15, -0.1) is 0 Å². The molecule has 2 heteroatoms. The molecule has 2 rings (SSSR count). The lowest BCUT2D eigenvalue weighted by Gasteiger charge is -2.27. The summed E-state index contributed by atoms with van der Waals surface area (Å²) in [6.07, 6.45) is 4.19. The molecule has 0 aliphatic carbocycles. The summed E-state index contributed by atoms with van der Waals surface area (Å²) >= 11 is 0. The van der Waals surface area contributed by atoms with Crippen LogP contribution in [0.3, 0.4) is 0 Å². The van der Waals surface area contributed by atoms with E-state index in [0.29, 0.717) is 0 Å². The van der Waals surface area contributed by atoms with Gasteiger partial charge in [0.15, 0.2) is 0 Å². The highest BCUT2D eigenvalue weighted by molar-refractivity contribution is 4.86. The van der Waals surface area contributed by atoms with Gasteiger partial charge in [-0.25, -0.2) is 0 Å². The van der Waals surface area contributed by atoms with Gasteiger partial charge in [0.25, 0.3) is 0 Å². The third-order valence-corrected chi connectivity index (χ3v) is 3.11. The highest BCUT2D eigenvalue weighted by atomic mass is 15.2. The molecule has 2 saturated heterocycles. The van der Waals surface area contributed by atoms with Crippen molar-refractivity contribution in [1.82, 2.24) is 10.2 Å². The maximum absolute atomic E-state index is 3.43. The van der Waals surface area contributed by atoms with Crippen molar-refractivity contribution in [1.29, 1.82) is 0 Å². The van der Waals surface area contributed by atoms with Crippen molar-refractivity contribution in [2.24, 2.45) is 0 Å². The molecule has 1 N–H and O–H groups in total. The van der Waals surface area contributed by atoms with E-state index in [1.165, 1.54) is 38.9 Å². The quantitative estimate of drug-likeness (QED) is 0.641. The zero-order valence-corrected chi connectivity index (χ0v) is 7.34. The Morgan fingerprint density at radius 3 is 2.67 bits per heavy atom. The second kappa shape index (κ2) is 4.24. The number of hydrogen-bond donors (Lipinski definition) is 1. The number of nitrogens with one attached hydrogen (secondary N) is 1. The van der Waals surface area contributed by atoms with Crippen LogP contribution in [-0.2, 0) is 0 Å². The molecule has 0 bridgehead atoms. The minimum absolute atomic E-state index is 0. The molecule has 0 aromatic carbocycles. The van der Waals surface area contributed by atoms with Gasteiger partial charge in [-0.2, -0.15) is 0 Å². The molecule has 2 fully saturated rings. The number of likely N-dealkylation sites (tertiary alicyclic amines) is 1. The highest BCUT2D eigenvalue weighted by Gasteiger charge is 2.29. The first-order chi connectivity index (χ1) is 5.38. The molecule has 0 aromatic heterocycles. The van der Waals surface area contributed by atoms with E-state index in [2.05, 4.69) is 17.1 Å². The number of rotatable bonds is 1. The molecule has 2 aliphatic heterocycles. The molecule has 72 valence electrons. The van der Waals surface area contributed by atoms with Gasteiger partial charge in [-0.3, -0.25) is 4.90 Å². The Kier molecular flexibility index (Phi) is 3.53. The molecule has 2 nitrogen and oxygen atoms in total. The topological polar surface area (TPSA) is 15.3 Å². The Morgan fingerprint density at radius 2 is 2.17 bits per heavy atom.